The first-order valence-corrected chi connectivity index (χ1v) is 9.25. The van der Waals surface area contributed by atoms with Crippen molar-refractivity contribution in [2.45, 2.75) is 44.0 Å². The molecular formula is C14H18N2O3S2. The molecule has 1 fully saturated rings. The largest absolute Gasteiger partial charge is 0.447 e. The van der Waals surface area contributed by atoms with Crippen molar-refractivity contribution in [2.24, 2.45) is 0 Å². The lowest BCUT2D eigenvalue weighted by Gasteiger charge is -2.04. The standard InChI is InChI=1S/C14H18N2O3S2/c1-10-6-7-20-13(10)9-16-21(17,18)14-5-4-12(19-14)8-15-11-2-3-11/h4-7,11,15-16H,2-3,8-9H2,1H3. The lowest BCUT2D eigenvalue weighted by atomic mass is 10.3. The number of hydrogen-bond acceptors (Lipinski definition) is 5. The van der Waals surface area contributed by atoms with Gasteiger partial charge >= 0.3 is 0 Å². The summed E-state index contributed by atoms with van der Waals surface area (Å²) in [6, 6.07) is 5.76. The quantitative estimate of drug-likeness (QED) is 0.819. The van der Waals surface area contributed by atoms with Gasteiger partial charge in [-0.2, -0.15) is 0 Å². The number of thiophene rings is 1. The minimum Gasteiger partial charge on any atom is -0.447 e. The Morgan fingerprint density at radius 1 is 1.29 bits per heavy atom. The Kier molecular flexibility index (Phi) is 4.17. The molecule has 0 radical (unpaired) electrons. The van der Waals surface area contributed by atoms with E-state index in [0.29, 0.717) is 24.9 Å². The molecule has 7 heteroatoms. The van der Waals surface area contributed by atoms with Crippen molar-refractivity contribution < 1.29 is 12.8 Å². The molecule has 3 rings (SSSR count). The molecular weight excluding hydrogens is 308 g/mol. The molecule has 1 aliphatic rings. The van der Waals surface area contributed by atoms with Gasteiger partial charge < -0.3 is 9.73 Å². The average molecular weight is 326 g/mol. The molecule has 114 valence electrons. The summed E-state index contributed by atoms with van der Waals surface area (Å²) in [5.41, 5.74) is 1.09. The molecule has 1 aliphatic carbocycles. The number of sulfonamides is 1. The predicted molar refractivity (Wildman–Crippen MR) is 81.7 cm³/mol. The molecule has 0 aromatic carbocycles. The van der Waals surface area contributed by atoms with Gasteiger partial charge in [-0.15, -0.1) is 11.3 Å². The fourth-order valence-corrected chi connectivity index (χ4v) is 3.82. The van der Waals surface area contributed by atoms with E-state index in [-0.39, 0.29) is 5.09 Å². The second-order valence-electron chi connectivity index (χ2n) is 5.23. The molecule has 0 unspecified atom stereocenters. The molecule has 0 bridgehead atoms. The number of nitrogens with one attached hydrogen (secondary N) is 2. The highest BCUT2D eigenvalue weighted by Gasteiger charge is 2.22. The number of hydrogen-bond donors (Lipinski definition) is 2. The fraction of sp³-hybridized carbons (Fsp3) is 0.429. The van der Waals surface area contributed by atoms with Gasteiger partial charge in [-0.1, -0.05) is 0 Å². The average Bonchev–Trinajstić information content (AvgIpc) is 2.98. The SMILES string of the molecule is Cc1ccsc1CNS(=O)(=O)c1ccc(CNC2CC2)o1. The van der Waals surface area contributed by atoms with Gasteiger partial charge in [0.15, 0.2) is 0 Å². The predicted octanol–water partition coefficient (Wildman–Crippen LogP) is 2.38. The summed E-state index contributed by atoms with van der Waals surface area (Å²) in [5, 5.41) is 5.22. The third-order valence-corrected chi connectivity index (χ3v) is 5.73. The summed E-state index contributed by atoms with van der Waals surface area (Å²) < 4.78 is 32.4. The number of aryl methyl sites for hydroxylation is 1. The van der Waals surface area contributed by atoms with E-state index in [1.54, 1.807) is 17.4 Å². The van der Waals surface area contributed by atoms with Crippen LogP contribution in [0.25, 0.3) is 0 Å². The van der Waals surface area contributed by atoms with Gasteiger partial charge in [0.25, 0.3) is 10.0 Å². The maximum absolute atomic E-state index is 12.2. The zero-order valence-corrected chi connectivity index (χ0v) is 13.4. The fourth-order valence-electron chi connectivity index (χ4n) is 1.95. The Hall–Kier alpha value is -1.15. The molecule has 0 aliphatic heterocycles. The van der Waals surface area contributed by atoms with Crippen LogP contribution in [0, 0.1) is 6.92 Å². The van der Waals surface area contributed by atoms with Crippen molar-refractivity contribution in [3.63, 3.8) is 0 Å². The van der Waals surface area contributed by atoms with Gasteiger partial charge in [0, 0.05) is 17.5 Å². The molecule has 0 atom stereocenters. The van der Waals surface area contributed by atoms with E-state index in [1.165, 1.54) is 18.9 Å². The molecule has 1 saturated carbocycles. The first-order chi connectivity index (χ1) is 10.0. The van der Waals surface area contributed by atoms with E-state index in [9.17, 15) is 8.42 Å². The van der Waals surface area contributed by atoms with E-state index in [2.05, 4.69) is 10.0 Å². The van der Waals surface area contributed by atoms with Crippen LogP contribution in [0.4, 0.5) is 0 Å². The van der Waals surface area contributed by atoms with Crippen molar-refractivity contribution in [1.82, 2.24) is 10.0 Å². The van der Waals surface area contributed by atoms with Crippen LogP contribution in [0.3, 0.4) is 0 Å². The summed E-state index contributed by atoms with van der Waals surface area (Å²) >= 11 is 1.54. The third-order valence-electron chi connectivity index (χ3n) is 3.44. The van der Waals surface area contributed by atoms with Crippen LogP contribution in [0.1, 0.15) is 29.0 Å². The molecule has 2 N–H and O–H groups in total. The van der Waals surface area contributed by atoms with Crippen molar-refractivity contribution in [3.05, 3.63) is 39.8 Å². The Morgan fingerprint density at radius 3 is 2.76 bits per heavy atom. The Bertz CT molecular complexity index is 714. The van der Waals surface area contributed by atoms with Crippen LogP contribution >= 0.6 is 11.3 Å². The highest BCUT2D eigenvalue weighted by atomic mass is 32.2. The molecule has 21 heavy (non-hydrogen) atoms. The van der Waals surface area contributed by atoms with Gasteiger partial charge in [0.2, 0.25) is 5.09 Å². The molecule has 2 aromatic heterocycles. The normalized spacial score (nSPS) is 15.5. The lowest BCUT2D eigenvalue weighted by molar-refractivity contribution is 0.399. The zero-order valence-electron chi connectivity index (χ0n) is 11.8. The maximum Gasteiger partial charge on any atom is 0.274 e. The van der Waals surface area contributed by atoms with Crippen LogP contribution in [-0.4, -0.2) is 14.5 Å². The second kappa shape index (κ2) is 5.92. The summed E-state index contributed by atoms with van der Waals surface area (Å²) in [6.07, 6.45) is 2.38. The Balaban J connectivity index is 1.62. The van der Waals surface area contributed by atoms with E-state index in [4.69, 9.17) is 4.42 Å². The van der Waals surface area contributed by atoms with E-state index in [1.807, 2.05) is 18.4 Å². The Morgan fingerprint density at radius 2 is 2.10 bits per heavy atom. The van der Waals surface area contributed by atoms with Gasteiger partial charge in [0.05, 0.1) is 6.54 Å². The van der Waals surface area contributed by atoms with Gasteiger partial charge in [-0.05, 0) is 48.9 Å². The maximum atomic E-state index is 12.2. The highest BCUT2D eigenvalue weighted by molar-refractivity contribution is 7.89. The summed E-state index contributed by atoms with van der Waals surface area (Å²) in [6.45, 7) is 2.83. The summed E-state index contributed by atoms with van der Waals surface area (Å²) in [4.78, 5) is 1.01. The zero-order chi connectivity index (χ0) is 14.9. The topological polar surface area (TPSA) is 71.3 Å². The van der Waals surface area contributed by atoms with Gasteiger partial charge in [0.1, 0.15) is 5.76 Å². The lowest BCUT2D eigenvalue weighted by Crippen LogP contribution is -2.22. The van der Waals surface area contributed by atoms with E-state index >= 15 is 0 Å². The Labute approximate surface area is 128 Å². The third kappa shape index (κ3) is 3.74. The number of furan rings is 1. The first-order valence-electron chi connectivity index (χ1n) is 6.89. The van der Waals surface area contributed by atoms with E-state index in [0.717, 1.165) is 10.4 Å². The smallest absolute Gasteiger partial charge is 0.274 e. The minimum absolute atomic E-state index is 0.0238. The summed E-state index contributed by atoms with van der Waals surface area (Å²) in [7, 11) is -3.59. The van der Waals surface area contributed by atoms with Crippen LogP contribution in [0.2, 0.25) is 0 Å². The first kappa shape index (κ1) is 14.8. The van der Waals surface area contributed by atoms with Gasteiger partial charge in [-0.25, -0.2) is 13.1 Å². The van der Waals surface area contributed by atoms with Crippen LogP contribution in [0.15, 0.2) is 33.1 Å². The minimum atomic E-state index is -3.59. The van der Waals surface area contributed by atoms with Gasteiger partial charge in [-0.3, -0.25) is 0 Å². The molecule has 2 heterocycles. The van der Waals surface area contributed by atoms with Crippen LogP contribution in [-0.2, 0) is 23.1 Å². The molecule has 5 nitrogen and oxygen atoms in total. The van der Waals surface area contributed by atoms with Crippen molar-refractivity contribution in [2.75, 3.05) is 0 Å². The molecule has 2 aromatic rings. The number of rotatable bonds is 7. The van der Waals surface area contributed by atoms with Crippen molar-refractivity contribution in [1.29, 1.82) is 0 Å². The summed E-state index contributed by atoms with van der Waals surface area (Å²) in [5.74, 6) is 0.648. The van der Waals surface area contributed by atoms with Crippen LogP contribution in [0.5, 0.6) is 0 Å². The van der Waals surface area contributed by atoms with Crippen molar-refractivity contribution >= 4 is 21.4 Å². The van der Waals surface area contributed by atoms with Crippen LogP contribution < -0.4 is 10.0 Å². The second-order valence-corrected chi connectivity index (χ2v) is 7.93. The monoisotopic (exact) mass is 326 g/mol. The molecule has 0 spiro atoms. The van der Waals surface area contributed by atoms with Crippen molar-refractivity contribution in [3.8, 4) is 0 Å². The van der Waals surface area contributed by atoms with E-state index < -0.39 is 10.0 Å². The highest BCUT2D eigenvalue weighted by Crippen LogP contribution is 2.21. The molecule has 0 amide bonds. The molecule has 0 saturated heterocycles.